The summed E-state index contributed by atoms with van der Waals surface area (Å²) in [5, 5.41) is 7.92. The molecule has 1 aliphatic heterocycles. The van der Waals surface area contributed by atoms with Gasteiger partial charge in [-0.25, -0.2) is 9.78 Å². The van der Waals surface area contributed by atoms with Crippen LogP contribution in [0.2, 0.25) is 0 Å². The lowest BCUT2D eigenvalue weighted by Crippen LogP contribution is -2.49. The minimum absolute atomic E-state index is 0.242. The Hall–Kier alpha value is -1.83. The van der Waals surface area contributed by atoms with E-state index in [4.69, 9.17) is 4.74 Å². The molecule has 0 atom stereocenters. The number of rotatable bonds is 6. The first-order chi connectivity index (χ1) is 12.2. The van der Waals surface area contributed by atoms with Crippen molar-refractivity contribution in [2.45, 2.75) is 45.6 Å². The van der Waals surface area contributed by atoms with E-state index in [1.807, 2.05) is 6.20 Å². The summed E-state index contributed by atoms with van der Waals surface area (Å²) >= 11 is 1.77. The number of nitrogens with one attached hydrogen (secondary N) is 2. The first-order valence-corrected chi connectivity index (χ1v) is 9.79. The van der Waals surface area contributed by atoms with E-state index in [9.17, 15) is 4.79 Å². The molecular weight excluding hydrogens is 338 g/mol. The van der Waals surface area contributed by atoms with Crippen molar-refractivity contribution in [3.05, 3.63) is 16.1 Å². The average Bonchev–Trinajstić information content (AvgIpc) is 3.10. The second-order valence-corrected chi connectivity index (χ2v) is 7.16. The van der Waals surface area contributed by atoms with Crippen LogP contribution in [0.25, 0.3) is 0 Å². The molecule has 0 unspecified atom stereocenters. The van der Waals surface area contributed by atoms with Gasteiger partial charge in [0.2, 0.25) is 0 Å². The maximum absolute atomic E-state index is 11.5. The van der Waals surface area contributed by atoms with E-state index in [0.29, 0.717) is 25.7 Å². The Kier molecular flexibility index (Phi) is 7.97. The number of carbonyl (C=O) groups excluding carboxylic acids is 1. The molecule has 0 radical (unpaired) electrons. The van der Waals surface area contributed by atoms with Crippen LogP contribution in [0.5, 0.6) is 0 Å². The zero-order chi connectivity index (χ0) is 18.1. The fourth-order valence-corrected chi connectivity index (χ4v) is 3.59. The first kappa shape index (κ1) is 19.5. The number of aromatic nitrogens is 1. The normalized spacial score (nSPS) is 16.0. The second-order valence-electron chi connectivity index (χ2n) is 5.96. The van der Waals surface area contributed by atoms with Crippen LogP contribution >= 0.6 is 11.3 Å². The molecule has 1 aliphatic rings. The van der Waals surface area contributed by atoms with Crippen molar-refractivity contribution < 1.29 is 9.53 Å². The van der Waals surface area contributed by atoms with Gasteiger partial charge in [-0.1, -0.05) is 6.92 Å². The van der Waals surface area contributed by atoms with E-state index >= 15 is 0 Å². The average molecular weight is 368 g/mol. The third-order valence-corrected chi connectivity index (χ3v) is 5.36. The van der Waals surface area contributed by atoms with E-state index in [2.05, 4.69) is 34.5 Å². The molecule has 1 aromatic heterocycles. The molecule has 2 heterocycles. The molecule has 7 nitrogen and oxygen atoms in total. The van der Waals surface area contributed by atoms with Gasteiger partial charge in [0.1, 0.15) is 0 Å². The Labute approximate surface area is 153 Å². The minimum Gasteiger partial charge on any atom is -0.453 e. The molecule has 1 amide bonds. The quantitative estimate of drug-likeness (QED) is 0.594. The smallest absolute Gasteiger partial charge is 0.409 e. The number of ether oxygens (including phenoxy) is 1. The summed E-state index contributed by atoms with van der Waals surface area (Å²) in [5.41, 5.74) is 0. The molecule has 2 rings (SSSR count). The van der Waals surface area contributed by atoms with Crippen LogP contribution in [-0.4, -0.2) is 61.3 Å². The molecule has 0 aromatic carbocycles. The number of aliphatic imine (C=N–C) groups is 1. The lowest BCUT2D eigenvalue weighted by atomic mass is 10.1. The van der Waals surface area contributed by atoms with Gasteiger partial charge in [-0.3, -0.25) is 4.99 Å². The lowest BCUT2D eigenvalue weighted by Gasteiger charge is -2.32. The predicted molar refractivity (Wildman–Crippen MR) is 101 cm³/mol. The molecule has 1 aromatic rings. The highest BCUT2D eigenvalue weighted by atomic mass is 32.1. The van der Waals surface area contributed by atoms with Crippen LogP contribution in [-0.2, 0) is 17.6 Å². The van der Waals surface area contributed by atoms with Crippen molar-refractivity contribution >= 4 is 23.4 Å². The van der Waals surface area contributed by atoms with Gasteiger partial charge in [0.25, 0.3) is 0 Å². The number of nitrogens with zero attached hydrogens (tertiary/aromatic N) is 3. The maximum atomic E-state index is 11.5. The molecule has 8 heteroatoms. The highest BCUT2D eigenvalue weighted by molar-refractivity contribution is 7.11. The molecule has 0 bridgehead atoms. The van der Waals surface area contributed by atoms with Crippen molar-refractivity contribution in [1.82, 2.24) is 20.5 Å². The van der Waals surface area contributed by atoms with Crippen molar-refractivity contribution in [1.29, 1.82) is 0 Å². The molecule has 25 heavy (non-hydrogen) atoms. The first-order valence-electron chi connectivity index (χ1n) is 8.97. The summed E-state index contributed by atoms with van der Waals surface area (Å²) in [6.45, 7) is 7.17. The monoisotopic (exact) mass is 367 g/mol. The molecular formula is C17H29N5O2S. The predicted octanol–water partition coefficient (Wildman–Crippen LogP) is 2.03. The minimum atomic E-state index is -0.242. The number of thiazole rings is 1. The Morgan fingerprint density at radius 1 is 1.44 bits per heavy atom. The van der Waals surface area contributed by atoms with Gasteiger partial charge in [-0.05, 0) is 26.2 Å². The molecule has 1 saturated heterocycles. The number of hydrogen-bond donors (Lipinski definition) is 2. The Balaban J connectivity index is 1.80. The van der Waals surface area contributed by atoms with Crippen molar-refractivity contribution in [3.63, 3.8) is 0 Å². The van der Waals surface area contributed by atoms with Crippen LogP contribution in [0.4, 0.5) is 4.79 Å². The highest BCUT2D eigenvalue weighted by Crippen LogP contribution is 2.14. The molecule has 0 saturated carbocycles. The summed E-state index contributed by atoms with van der Waals surface area (Å²) in [6, 6.07) is 0.324. The van der Waals surface area contributed by atoms with Crippen LogP contribution in [0.15, 0.2) is 11.2 Å². The number of likely N-dealkylation sites (tertiary alicyclic amines) is 1. The number of hydrogen-bond acceptors (Lipinski definition) is 5. The van der Waals surface area contributed by atoms with Gasteiger partial charge in [0.05, 0.1) is 12.1 Å². The number of aryl methyl sites for hydroxylation is 1. The summed E-state index contributed by atoms with van der Waals surface area (Å²) < 4.78 is 4.78. The Bertz CT molecular complexity index is 567. The second kappa shape index (κ2) is 10.2. The lowest BCUT2D eigenvalue weighted by molar-refractivity contribution is 0.111. The summed E-state index contributed by atoms with van der Waals surface area (Å²) in [6.07, 6.45) is 5.41. The van der Waals surface area contributed by atoms with E-state index < -0.39 is 0 Å². The maximum Gasteiger partial charge on any atom is 0.409 e. The standard InChI is InChI=1S/C17H29N5O2S/c1-4-14-12-20-15(25-14)6-9-19-16(18-5-2)21-13-7-10-22(11-8-13)17(23)24-3/h12-13H,4-11H2,1-3H3,(H2,18,19,21). The van der Waals surface area contributed by atoms with E-state index in [0.717, 1.165) is 43.2 Å². The SMILES string of the molecule is CCNC(=NCCc1ncc(CC)s1)NC1CCN(C(=O)OC)CC1. The summed E-state index contributed by atoms with van der Waals surface area (Å²) in [4.78, 5) is 23.7. The number of methoxy groups -OCH3 is 1. The molecule has 0 aliphatic carbocycles. The van der Waals surface area contributed by atoms with Crippen LogP contribution in [0.1, 0.15) is 36.6 Å². The Morgan fingerprint density at radius 3 is 2.80 bits per heavy atom. The third-order valence-electron chi connectivity index (χ3n) is 4.16. The summed E-state index contributed by atoms with van der Waals surface area (Å²) in [5.74, 6) is 0.839. The largest absolute Gasteiger partial charge is 0.453 e. The highest BCUT2D eigenvalue weighted by Gasteiger charge is 2.23. The van der Waals surface area contributed by atoms with E-state index in [1.165, 1.54) is 12.0 Å². The van der Waals surface area contributed by atoms with Gasteiger partial charge in [0.15, 0.2) is 5.96 Å². The van der Waals surface area contributed by atoms with Gasteiger partial charge in [-0.15, -0.1) is 11.3 Å². The molecule has 2 N–H and O–H groups in total. The van der Waals surface area contributed by atoms with Crippen molar-refractivity contribution in [2.75, 3.05) is 33.3 Å². The number of amides is 1. The van der Waals surface area contributed by atoms with Crippen LogP contribution < -0.4 is 10.6 Å². The molecule has 0 spiro atoms. The zero-order valence-corrected chi connectivity index (χ0v) is 16.2. The van der Waals surface area contributed by atoms with Gasteiger partial charge < -0.3 is 20.3 Å². The Morgan fingerprint density at radius 2 is 2.20 bits per heavy atom. The van der Waals surface area contributed by atoms with Crippen LogP contribution in [0.3, 0.4) is 0 Å². The molecule has 140 valence electrons. The van der Waals surface area contributed by atoms with Crippen LogP contribution in [0, 0.1) is 0 Å². The van der Waals surface area contributed by atoms with Gasteiger partial charge in [0, 0.05) is 49.7 Å². The third kappa shape index (κ3) is 6.19. The fraction of sp³-hybridized carbons (Fsp3) is 0.706. The summed E-state index contributed by atoms with van der Waals surface area (Å²) in [7, 11) is 1.43. The number of carbonyl (C=O) groups is 1. The fourth-order valence-electron chi connectivity index (χ4n) is 2.74. The topological polar surface area (TPSA) is 78.9 Å². The van der Waals surface area contributed by atoms with Crippen molar-refractivity contribution in [3.8, 4) is 0 Å². The van der Waals surface area contributed by atoms with E-state index in [-0.39, 0.29) is 6.09 Å². The zero-order valence-electron chi connectivity index (χ0n) is 15.4. The number of piperidine rings is 1. The number of guanidine groups is 1. The van der Waals surface area contributed by atoms with Gasteiger partial charge in [-0.2, -0.15) is 0 Å². The van der Waals surface area contributed by atoms with E-state index in [1.54, 1.807) is 16.2 Å². The van der Waals surface area contributed by atoms with Gasteiger partial charge >= 0.3 is 6.09 Å². The van der Waals surface area contributed by atoms with Crippen molar-refractivity contribution in [2.24, 2.45) is 4.99 Å². The molecule has 1 fully saturated rings.